The van der Waals surface area contributed by atoms with Gasteiger partial charge in [-0.1, -0.05) is 30.3 Å². The Balaban J connectivity index is 2.61. The third-order valence-corrected chi connectivity index (χ3v) is 3.22. The van der Waals surface area contributed by atoms with E-state index in [9.17, 15) is 5.11 Å². The van der Waals surface area contributed by atoms with Crippen LogP contribution in [-0.4, -0.2) is 10.2 Å². The van der Waals surface area contributed by atoms with Crippen molar-refractivity contribution in [3.05, 3.63) is 46.9 Å². The molecule has 0 saturated heterocycles. The van der Waals surface area contributed by atoms with E-state index >= 15 is 0 Å². The summed E-state index contributed by atoms with van der Waals surface area (Å²) in [5.74, 6) is 0.210. The van der Waals surface area contributed by atoms with Gasteiger partial charge in [-0.2, -0.15) is 0 Å². The van der Waals surface area contributed by atoms with E-state index in [1.807, 2.05) is 30.3 Å². The minimum atomic E-state index is 0.179. The van der Waals surface area contributed by atoms with Gasteiger partial charge >= 0.3 is 0 Å². The average Bonchev–Trinajstić information content (AvgIpc) is 2.32. The predicted octanol–water partition coefficient (Wildman–Crippen LogP) is 3.48. The summed E-state index contributed by atoms with van der Waals surface area (Å²) in [6.45, 7) is 0. The lowest BCUT2D eigenvalue weighted by Gasteiger charge is -2.14. The smallest absolute Gasteiger partial charge is 0.168 e. The standard InChI is InChI=1S/C13H11BrN2OS/c14-10-6-3-5-9(12(10)16-13(15)18)8-4-1-2-7-11(8)17/h1-7,17H,(H3,15,16,18). The van der Waals surface area contributed by atoms with Crippen LogP contribution >= 0.6 is 28.1 Å². The minimum absolute atomic E-state index is 0.179. The van der Waals surface area contributed by atoms with Crippen molar-refractivity contribution in [1.29, 1.82) is 0 Å². The molecule has 5 heteroatoms. The molecular weight excluding hydrogens is 312 g/mol. The van der Waals surface area contributed by atoms with Crippen molar-refractivity contribution in [3.63, 3.8) is 0 Å². The second-order valence-electron chi connectivity index (χ2n) is 3.67. The first-order chi connectivity index (χ1) is 8.59. The maximum absolute atomic E-state index is 9.91. The van der Waals surface area contributed by atoms with Crippen molar-refractivity contribution in [2.24, 2.45) is 5.73 Å². The number of hydrogen-bond acceptors (Lipinski definition) is 2. The zero-order chi connectivity index (χ0) is 13.1. The van der Waals surface area contributed by atoms with E-state index in [0.29, 0.717) is 0 Å². The molecule has 0 bridgehead atoms. The van der Waals surface area contributed by atoms with Gasteiger partial charge in [0, 0.05) is 15.6 Å². The first-order valence-electron chi connectivity index (χ1n) is 5.23. The van der Waals surface area contributed by atoms with Gasteiger partial charge in [0.2, 0.25) is 0 Å². The Hall–Kier alpha value is -1.59. The molecule has 0 radical (unpaired) electrons. The van der Waals surface area contributed by atoms with Crippen LogP contribution in [0.3, 0.4) is 0 Å². The molecule has 0 atom stereocenters. The Morgan fingerprint density at radius 2 is 1.78 bits per heavy atom. The molecule has 0 aliphatic carbocycles. The summed E-state index contributed by atoms with van der Waals surface area (Å²) < 4.78 is 0.830. The highest BCUT2D eigenvalue weighted by Crippen LogP contribution is 2.38. The second-order valence-corrected chi connectivity index (χ2v) is 4.96. The van der Waals surface area contributed by atoms with Crippen LogP contribution in [0.1, 0.15) is 0 Å². The molecule has 0 amide bonds. The van der Waals surface area contributed by atoms with E-state index in [-0.39, 0.29) is 10.9 Å². The molecule has 0 spiro atoms. The molecule has 18 heavy (non-hydrogen) atoms. The predicted molar refractivity (Wildman–Crippen MR) is 81.7 cm³/mol. The highest BCUT2D eigenvalue weighted by Gasteiger charge is 2.11. The maximum Gasteiger partial charge on any atom is 0.168 e. The van der Waals surface area contributed by atoms with Crippen molar-refractivity contribution in [1.82, 2.24) is 0 Å². The van der Waals surface area contributed by atoms with E-state index in [2.05, 4.69) is 21.2 Å². The molecule has 2 rings (SSSR count). The van der Waals surface area contributed by atoms with Crippen LogP contribution in [0.2, 0.25) is 0 Å². The van der Waals surface area contributed by atoms with Gasteiger partial charge in [-0.3, -0.25) is 0 Å². The first kappa shape index (κ1) is 12.9. The highest BCUT2D eigenvalue weighted by atomic mass is 79.9. The Bertz CT molecular complexity index is 601. The summed E-state index contributed by atoms with van der Waals surface area (Å²) in [5, 5.41) is 13.0. The molecule has 92 valence electrons. The Kier molecular flexibility index (Phi) is 3.84. The second kappa shape index (κ2) is 5.37. The minimum Gasteiger partial charge on any atom is -0.507 e. The van der Waals surface area contributed by atoms with Gasteiger partial charge in [0.05, 0.1) is 5.69 Å². The molecule has 0 aliphatic heterocycles. The fourth-order valence-electron chi connectivity index (χ4n) is 1.70. The number of nitrogens with two attached hydrogens (primary N) is 1. The van der Waals surface area contributed by atoms with Crippen LogP contribution in [0, 0.1) is 0 Å². The number of nitrogens with one attached hydrogen (secondary N) is 1. The van der Waals surface area contributed by atoms with Crippen molar-refractivity contribution in [2.45, 2.75) is 0 Å². The molecule has 2 aromatic rings. The summed E-state index contributed by atoms with van der Waals surface area (Å²) in [5.41, 5.74) is 7.81. The molecule has 2 aromatic carbocycles. The van der Waals surface area contributed by atoms with Crippen molar-refractivity contribution in [3.8, 4) is 16.9 Å². The molecular formula is C13H11BrN2OS. The Morgan fingerprint density at radius 1 is 1.11 bits per heavy atom. The lowest BCUT2D eigenvalue weighted by atomic mass is 10.0. The topological polar surface area (TPSA) is 58.3 Å². The number of halogens is 1. The van der Waals surface area contributed by atoms with Gasteiger partial charge in [0.15, 0.2) is 5.11 Å². The number of anilines is 1. The van der Waals surface area contributed by atoms with Crippen LogP contribution < -0.4 is 11.1 Å². The average molecular weight is 323 g/mol. The third-order valence-electron chi connectivity index (χ3n) is 2.46. The summed E-state index contributed by atoms with van der Waals surface area (Å²) in [4.78, 5) is 0. The number of para-hydroxylation sites is 2. The number of phenolic OH excluding ortho intramolecular Hbond substituents is 1. The zero-order valence-corrected chi connectivity index (χ0v) is 11.8. The Labute approximate surface area is 119 Å². The number of rotatable bonds is 2. The molecule has 0 heterocycles. The van der Waals surface area contributed by atoms with Gasteiger partial charge in [-0.05, 0) is 40.3 Å². The molecule has 0 aromatic heterocycles. The van der Waals surface area contributed by atoms with Gasteiger partial charge in [0.1, 0.15) is 5.75 Å². The van der Waals surface area contributed by atoms with Gasteiger partial charge in [-0.15, -0.1) is 0 Å². The quantitative estimate of drug-likeness (QED) is 0.741. The van der Waals surface area contributed by atoms with Crippen molar-refractivity contribution in [2.75, 3.05) is 5.32 Å². The highest BCUT2D eigenvalue weighted by molar-refractivity contribution is 9.10. The molecule has 0 unspecified atom stereocenters. The Morgan fingerprint density at radius 3 is 2.44 bits per heavy atom. The van der Waals surface area contributed by atoms with Crippen LogP contribution in [0.5, 0.6) is 5.75 Å². The first-order valence-corrected chi connectivity index (χ1v) is 6.43. The van der Waals surface area contributed by atoms with E-state index in [4.69, 9.17) is 18.0 Å². The lowest BCUT2D eigenvalue weighted by Crippen LogP contribution is -2.19. The van der Waals surface area contributed by atoms with Crippen LogP contribution in [0.4, 0.5) is 5.69 Å². The number of benzene rings is 2. The fourth-order valence-corrected chi connectivity index (χ4v) is 2.27. The number of hydrogen-bond donors (Lipinski definition) is 3. The summed E-state index contributed by atoms with van der Waals surface area (Å²) in [6, 6.07) is 12.8. The lowest BCUT2D eigenvalue weighted by molar-refractivity contribution is 0.477. The maximum atomic E-state index is 9.91. The number of phenols is 1. The molecule has 3 nitrogen and oxygen atoms in total. The van der Waals surface area contributed by atoms with Crippen LogP contribution in [-0.2, 0) is 0 Å². The molecule has 0 aliphatic rings. The number of thiocarbonyl (C=S) groups is 1. The van der Waals surface area contributed by atoms with E-state index in [1.54, 1.807) is 12.1 Å². The zero-order valence-electron chi connectivity index (χ0n) is 9.35. The van der Waals surface area contributed by atoms with Gasteiger partial charge in [0.25, 0.3) is 0 Å². The van der Waals surface area contributed by atoms with Crippen molar-refractivity contribution >= 4 is 38.9 Å². The molecule has 0 fully saturated rings. The summed E-state index contributed by atoms with van der Waals surface area (Å²) >= 11 is 8.30. The molecule has 4 N–H and O–H groups in total. The number of aromatic hydroxyl groups is 1. The van der Waals surface area contributed by atoms with Gasteiger partial charge < -0.3 is 16.2 Å². The summed E-state index contributed by atoms with van der Waals surface area (Å²) in [6.07, 6.45) is 0. The van der Waals surface area contributed by atoms with E-state index in [0.717, 1.165) is 21.3 Å². The van der Waals surface area contributed by atoms with Crippen molar-refractivity contribution < 1.29 is 5.11 Å². The van der Waals surface area contributed by atoms with Gasteiger partial charge in [-0.25, -0.2) is 0 Å². The van der Waals surface area contributed by atoms with Crippen LogP contribution in [0.15, 0.2) is 46.9 Å². The van der Waals surface area contributed by atoms with E-state index < -0.39 is 0 Å². The monoisotopic (exact) mass is 322 g/mol. The normalized spacial score (nSPS) is 10.1. The van der Waals surface area contributed by atoms with Crippen LogP contribution in [0.25, 0.3) is 11.1 Å². The van der Waals surface area contributed by atoms with E-state index in [1.165, 1.54) is 0 Å². The largest absolute Gasteiger partial charge is 0.507 e. The SMILES string of the molecule is NC(=S)Nc1c(Br)cccc1-c1ccccc1O. The summed E-state index contributed by atoms with van der Waals surface area (Å²) in [7, 11) is 0. The third kappa shape index (κ3) is 2.63. The molecule has 0 saturated carbocycles. The fraction of sp³-hybridized carbons (Fsp3) is 0.